The number of ether oxygens (including phenoxy) is 1. The molecule has 0 aromatic heterocycles. The molecule has 1 aliphatic rings. The molecule has 1 unspecified atom stereocenters. The molecule has 0 amide bonds. The lowest BCUT2D eigenvalue weighted by molar-refractivity contribution is -0.0409. The third kappa shape index (κ3) is 4.47. The van der Waals surface area contributed by atoms with Gasteiger partial charge in [-0.15, -0.1) is 0 Å². The van der Waals surface area contributed by atoms with Crippen LogP contribution in [0.4, 0.5) is 5.69 Å². The highest BCUT2D eigenvalue weighted by atomic mass is 16.5. The van der Waals surface area contributed by atoms with E-state index in [0.717, 1.165) is 38.5 Å². The maximum atomic E-state index is 5.88. The Kier molecular flexibility index (Phi) is 5.40. The van der Waals surface area contributed by atoms with Crippen molar-refractivity contribution in [3.8, 4) is 0 Å². The van der Waals surface area contributed by atoms with Gasteiger partial charge in [-0.25, -0.2) is 0 Å². The molecule has 0 saturated carbocycles. The zero-order valence-electron chi connectivity index (χ0n) is 12.9. The average Bonchev–Trinajstić information content (AvgIpc) is 2.40. The van der Waals surface area contributed by atoms with Gasteiger partial charge in [0.25, 0.3) is 0 Å². The molecule has 4 nitrogen and oxygen atoms in total. The van der Waals surface area contributed by atoms with E-state index in [1.165, 1.54) is 5.56 Å². The van der Waals surface area contributed by atoms with Gasteiger partial charge in [0.1, 0.15) is 0 Å². The Morgan fingerprint density at radius 3 is 2.65 bits per heavy atom. The number of morpholine rings is 1. The molecule has 1 aliphatic heterocycles. The van der Waals surface area contributed by atoms with Crippen molar-refractivity contribution < 1.29 is 4.74 Å². The van der Waals surface area contributed by atoms with E-state index in [4.69, 9.17) is 10.5 Å². The van der Waals surface area contributed by atoms with Crippen molar-refractivity contribution in [2.24, 2.45) is 0 Å². The molecular formula is C16H27N3O. The van der Waals surface area contributed by atoms with Gasteiger partial charge in [0, 0.05) is 37.9 Å². The van der Waals surface area contributed by atoms with Crippen LogP contribution >= 0.6 is 0 Å². The fraction of sp³-hybridized carbons (Fsp3) is 0.625. The Bertz CT molecular complexity index is 405. The molecule has 0 spiro atoms. The van der Waals surface area contributed by atoms with Gasteiger partial charge in [0.2, 0.25) is 0 Å². The number of rotatable bonds is 5. The quantitative estimate of drug-likeness (QED) is 0.834. The highest BCUT2D eigenvalue weighted by Crippen LogP contribution is 2.13. The van der Waals surface area contributed by atoms with Crippen LogP contribution in [-0.4, -0.2) is 55.2 Å². The third-order valence-electron chi connectivity index (χ3n) is 3.88. The maximum absolute atomic E-state index is 5.88. The normalized spacial score (nSPS) is 20.8. The van der Waals surface area contributed by atoms with Crippen LogP contribution in [-0.2, 0) is 11.3 Å². The van der Waals surface area contributed by atoms with Crippen molar-refractivity contribution >= 4 is 5.69 Å². The van der Waals surface area contributed by atoms with Crippen LogP contribution in [0.15, 0.2) is 24.3 Å². The number of nitrogens with two attached hydrogens (primary N) is 1. The summed E-state index contributed by atoms with van der Waals surface area (Å²) < 4.78 is 5.88. The zero-order valence-corrected chi connectivity index (χ0v) is 12.9. The minimum Gasteiger partial charge on any atom is -0.399 e. The van der Waals surface area contributed by atoms with Gasteiger partial charge in [0.15, 0.2) is 0 Å². The molecule has 1 aromatic carbocycles. The Morgan fingerprint density at radius 2 is 2.05 bits per heavy atom. The summed E-state index contributed by atoms with van der Waals surface area (Å²) in [5, 5.41) is 0. The Hall–Kier alpha value is -1.10. The summed E-state index contributed by atoms with van der Waals surface area (Å²) in [6.45, 7) is 9.30. The fourth-order valence-corrected chi connectivity index (χ4v) is 2.55. The number of benzene rings is 1. The van der Waals surface area contributed by atoms with E-state index in [0.29, 0.717) is 12.1 Å². The lowest BCUT2D eigenvalue weighted by atomic mass is 10.1. The molecule has 1 fully saturated rings. The summed E-state index contributed by atoms with van der Waals surface area (Å²) in [6, 6.07) is 8.66. The summed E-state index contributed by atoms with van der Waals surface area (Å²) in [5.74, 6) is 0. The van der Waals surface area contributed by atoms with Crippen molar-refractivity contribution in [1.29, 1.82) is 0 Å². The van der Waals surface area contributed by atoms with Crippen LogP contribution in [0, 0.1) is 0 Å². The van der Waals surface area contributed by atoms with E-state index in [1.807, 2.05) is 12.1 Å². The lowest BCUT2D eigenvalue weighted by Crippen LogP contribution is -2.47. The molecule has 1 saturated heterocycles. The summed E-state index contributed by atoms with van der Waals surface area (Å²) >= 11 is 0. The first-order valence-electron chi connectivity index (χ1n) is 7.43. The standard InChI is InChI=1S/C16H27N3O/c1-13(2)19(10-14-4-6-15(17)7-5-14)12-16-11-18(3)8-9-20-16/h4-7,13,16H,8-12,17H2,1-3H3. The molecule has 0 radical (unpaired) electrons. The van der Waals surface area contributed by atoms with Crippen LogP contribution in [0.1, 0.15) is 19.4 Å². The first-order valence-corrected chi connectivity index (χ1v) is 7.43. The number of likely N-dealkylation sites (N-methyl/N-ethyl adjacent to an activating group) is 1. The molecule has 1 heterocycles. The molecule has 112 valence electrons. The second-order valence-electron chi connectivity index (χ2n) is 6.02. The van der Waals surface area contributed by atoms with Gasteiger partial charge in [-0.1, -0.05) is 12.1 Å². The van der Waals surface area contributed by atoms with Gasteiger partial charge in [-0.2, -0.15) is 0 Å². The van der Waals surface area contributed by atoms with Crippen LogP contribution in [0.5, 0.6) is 0 Å². The Morgan fingerprint density at radius 1 is 1.35 bits per heavy atom. The van der Waals surface area contributed by atoms with Gasteiger partial charge < -0.3 is 15.4 Å². The van der Waals surface area contributed by atoms with Gasteiger partial charge in [0.05, 0.1) is 12.7 Å². The first-order chi connectivity index (χ1) is 9.54. The molecule has 1 atom stereocenters. The molecule has 20 heavy (non-hydrogen) atoms. The topological polar surface area (TPSA) is 41.7 Å². The van der Waals surface area contributed by atoms with E-state index < -0.39 is 0 Å². The third-order valence-corrected chi connectivity index (χ3v) is 3.88. The van der Waals surface area contributed by atoms with E-state index in [-0.39, 0.29) is 0 Å². The fourth-order valence-electron chi connectivity index (χ4n) is 2.55. The Balaban J connectivity index is 1.94. The second-order valence-corrected chi connectivity index (χ2v) is 6.02. The molecule has 1 aromatic rings. The molecule has 2 rings (SSSR count). The van der Waals surface area contributed by atoms with Crippen LogP contribution in [0.25, 0.3) is 0 Å². The predicted molar refractivity (Wildman–Crippen MR) is 83.6 cm³/mol. The van der Waals surface area contributed by atoms with E-state index in [2.05, 4.69) is 42.8 Å². The van der Waals surface area contributed by atoms with Crippen molar-refractivity contribution in [1.82, 2.24) is 9.80 Å². The smallest absolute Gasteiger partial charge is 0.0829 e. The number of nitrogens with zero attached hydrogens (tertiary/aromatic N) is 2. The van der Waals surface area contributed by atoms with Crippen molar-refractivity contribution in [2.45, 2.75) is 32.5 Å². The highest BCUT2D eigenvalue weighted by molar-refractivity contribution is 5.39. The number of anilines is 1. The van der Waals surface area contributed by atoms with Gasteiger partial charge in [-0.3, -0.25) is 4.90 Å². The monoisotopic (exact) mass is 277 g/mol. The highest BCUT2D eigenvalue weighted by Gasteiger charge is 2.22. The van der Waals surface area contributed by atoms with Gasteiger partial charge in [-0.05, 0) is 38.6 Å². The number of hydrogen-bond acceptors (Lipinski definition) is 4. The molecule has 0 bridgehead atoms. The summed E-state index contributed by atoms with van der Waals surface area (Å²) in [4.78, 5) is 4.81. The van der Waals surface area contributed by atoms with Crippen molar-refractivity contribution in [2.75, 3.05) is 39.0 Å². The van der Waals surface area contributed by atoms with E-state index in [9.17, 15) is 0 Å². The summed E-state index contributed by atoms with van der Waals surface area (Å²) in [7, 11) is 2.16. The minimum atomic E-state index is 0.310. The molecule has 2 N–H and O–H groups in total. The molecular weight excluding hydrogens is 250 g/mol. The maximum Gasteiger partial charge on any atom is 0.0829 e. The van der Waals surface area contributed by atoms with E-state index in [1.54, 1.807) is 0 Å². The predicted octanol–water partition coefficient (Wildman–Crippen LogP) is 1.81. The molecule has 0 aliphatic carbocycles. The number of nitrogen functional groups attached to an aromatic ring is 1. The largest absolute Gasteiger partial charge is 0.399 e. The number of hydrogen-bond donors (Lipinski definition) is 1. The summed E-state index contributed by atoms with van der Waals surface area (Å²) in [5.41, 5.74) is 7.87. The van der Waals surface area contributed by atoms with Gasteiger partial charge >= 0.3 is 0 Å². The second kappa shape index (κ2) is 7.07. The zero-order chi connectivity index (χ0) is 14.5. The average molecular weight is 277 g/mol. The first kappa shape index (κ1) is 15.3. The minimum absolute atomic E-state index is 0.310. The summed E-state index contributed by atoms with van der Waals surface area (Å²) in [6.07, 6.45) is 0.310. The SMILES string of the molecule is CC(C)N(Cc1ccc(N)cc1)CC1CN(C)CCO1. The Labute approximate surface area is 122 Å². The van der Waals surface area contributed by atoms with Crippen molar-refractivity contribution in [3.05, 3.63) is 29.8 Å². The molecule has 4 heteroatoms. The van der Waals surface area contributed by atoms with Crippen LogP contribution in [0.2, 0.25) is 0 Å². The van der Waals surface area contributed by atoms with Crippen molar-refractivity contribution in [3.63, 3.8) is 0 Å². The van der Waals surface area contributed by atoms with Crippen LogP contribution in [0.3, 0.4) is 0 Å². The van der Waals surface area contributed by atoms with Crippen LogP contribution < -0.4 is 5.73 Å². The lowest BCUT2D eigenvalue weighted by Gasteiger charge is -2.35. The van der Waals surface area contributed by atoms with E-state index >= 15 is 0 Å².